The molecule has 0 amide bonds. The molecule has 1 heteroatoms. The summed E-state index contributed by atoms with van der Waals surface area (Å²) in [6.07, 6.45) is 25.5. The zero-order chi connectivity index (χ0) is 15.4. The molecule has 0 heterocycles. The fourth-order valence-electron chi connectivity index (χ4n) is 2.95. The van der Waals surface area contributed by atoms with Gasteiger partial charge in [0.05, 0.1) is 0 Å². The Labute approximate surface area is 140 Å². The van der Waals surface area contributed by atoms with E-state index in [2.05, 4.69) is 6.92 Å². The summed E-state index contributed by atoms with van der Waals surface area (Å²) < 4.78 is 0. The van der Waals surface area contributed by atoms with Crippen molar-refractivity contribution in [2.75, 3.05) is 0 Å². The lowest BCUT2D eigenvalue weighted by molar-refractivity contribution is 0.527. The minimum atomic E-state index is 1.08. The van der Waals surface area contributed by atoms with Gasteiger partial charge in [-0.15, -0.1) is 11.6 Å². The van der Waals surface area contributed by atoms with Crippen LogP contribution in [0.2, 0.25) is 0 Å². The van der Waals surface area contributed by atoms with Gasteiger partial charge in [0.25, 0.3) is 0 Å². The van der Waals surface area contributed by atoms with E-state index in [0.717, 1.165) is 6.42 Å². The average molecular weight is 316 g/mol. The van der Waals surface area contributed by atoms with Crippen LogP contribution in [0, 0.1) is 5.88 Å². The highest BCUT2D eigenvalue weighted by Crippen LogP contribution is 2.14. The van der Waals surface area contributed by atoms with Gasteiger partial charge in [0.2, 0.25) is 0 Å². The SMILES string of the molecule is CCCCCCCCCCCCCCCCCCC[CH]Cl. The number of hydrogen-bond acceptors (Lipinski definition) is 0. The summed E-state index contributed by atoms with van der Waals surface area (Å²) >= 11 is 5.55. The number of unbranched alkanes of at least 4 members (excludes halogenated alkanes) is 17. The lowest BCUT2D eigenvalue weighted by Crippen LogP contribution is -1.83. The maximum absolute atomic E-state index is 5.55. The Morgan fingerprint density at radius 2 is 0.762 bits per heavy atom. The van der Waals surface area contributed by atoms with Crippen molar-refractivity contribution in [1.82, 2.24) is 0 Å². The van der Waals surface area contributed by atoms with E-state index < -0.39 is 0 Å². The highest BCUT2D eigenvalue weighted by Gasteiger charge is 1.94. The second kappa shape index (κ2) is 20.3. The molecular formula is C20H40Cl. The lowest BCUT2D eigenvalue weighted by atomic mass is 10.0. The Bertz CT molecular complexity index is 149. The van der Waals surface area contributed by atoms with Gasteiger partial charge < -0.3 is 0 Å². The van der Waals surface area contributed by atoms with Crippen LogP contribution >= 0.6 is 11.6 Å². The third-order valence-electron chi connectivity index (χ3n) is 4.42. The Kier molecular flexibility index (Phi) is 20.6. The van der Waals surface area contributed by atoms with Crippen LogP contribution in [0.25, 0.3) is 0 Å². The number of rotatable bonds is 18. The van der Waals surface area contributed by atoms with Crippen molar-refractivity contribution in [3.63, 3.8) is 0 Å². The molecule has 0 N–H and O–H groups in total. The largest absolute Gasteiger partial charge is 0.121 e. The summed E-state index contributed by atoms with van der Waals surface area (Å²) in [5, 5.41) is 0. The standard InChI is InChI=1S/C20H40Cl/c1-2-3-4-5-6-7-8-9-10-11-12-13-14-15-16-17-18-19-20-21/h20H,2-19H2,1H3. The lowest BCUT2D eigenvalue weighted by Gasteiger charge is -2.03. The maximum atomic E-state index is 5.55. The van der Waals surface area contributed by atoms with Crippen molar-refractivity contribution in [3.8, 4) is 0 Å². The fourth-order valence-corrected chi connectivity index (χ4v) is 3.10. The molecule has 0 nitrogen and oxygen atoms in total. The summed E-state index contributed by atoms with van der Waals surface area (Å²) in [4.78, 5) is 0. The maximum Gasteiger partial charge on any atom is 0.0499 e. The predicted molar refractivity (Wildman–Crippen MR) is 98.9 cm³/mol. The van der Waals surface area contributed by atoms with E-state index in [9.17, 15) is 0 Å². The normalized spacial score (nSPS) is 11.1. The summed E-state index contributed by atoms with van der Waals surface area (Å²) in [7, 11) is 0. The first kappa shape index (κ1) is 21.3. The van der Waals surface area contributed by atoms with E-state index in [0.29, 0.717) is 0 Å². The van der Waals surface area contributed by atoms with Gasteiger partial charge in [-0.1, -0.05) is 116 Å². The van der Waals surface area contributed by atoms with Crippen LogP contribution in [0.4, 0.5) is 0 Å². The van der Waals surface area contributed by atoms with Gasteiger partial charge in [0.1, 0.15) is 0 Å². The monoisotopic (exact) mass is 315 g/mol. The summed E-state index contributed by atoms with van der Waals surface area (Å²) in [5.74, 6) is 1.77. The first-order valence-corrected chi connectivity index (χ1v) is 10.3. The second-order valence-electron chi connectivity index (χ2n) is 6.60. The van der Waals surface area contributed by atoms with E-state index in [1.807, 2.05) is 0 Å². The van der Waals surface area contributed by atoms with Crippen molar-refractivity contribution >= 4 is 11.6 Å². The molecule has 0 aliphatic heterocycles. The molecule has 0 aliphatic carbocycles. The van der Waals surface area contributed by atoms with Gasteiger partial charge in [-0.05, 0) is 6.42 Å². The van der Waals surface area contributed by atoms with E-state index in [1.165, 1.54) is 109 Å². The first-order chi connectivity index (χ1) is 10.4. The van der Waals surface area contributed by atoms with E-state index in [4.69, 9.17) is 11.6 Å². The van der Waals surface area contributed by atoms with Crippen LogP contribution in [0.5, 0.6) is 0 Å². The van der Waals surface area contributed by atoms with Crippen LogP contribution < -0.4 is 0 Å². The van der Waals surface area contributed by atoms with Crippen molar-refractivity contribution in [3.05, 3.63) is 5.88 Å². The van der Waals surface area contributed by atoms with Crippen LogP contribution in [0.3, 0.4) is 0 Å². The van der Waals surface area contributed by atoms with Gasteiger partial charge in [0.15, 0.2) is 0 Å². The smallest absolute Gasteiger partial charge is 0.0499 e. The molecule has 0 saturated heterocycles. The summed E-state index contributed by atoms with van der Waals surface area (Å²) in [6.45, 7) is 2.29. The van der Waals surface area contributed by atoms with E-state index >= 15 is 0 Å². The molecule has 0 unspecified atom stereocenters. The van der Waals surface area contributed by atoms with Crippen molar-refractivity contribution in [2.24, 2.45) is 0 Å². The highest BCUT2D eigenvalue weighted by molar-refractivity contribution is 6.23. The third kappa shape index (κ3) is 20.3. The van der Waals surface area contributed by atoms with Crippen LogP contribution in [0.1, 0.15) is 122 Å². The van der Waals surface area contributed by atoms with Gasteiger partial charge in [0, 0.05) is 5.88 Å². The van der Waals surface area contributed by atoms with Crippen LogP contribution in [-0.2, 0) is 0 Å². The molecule has 127 valence electrons. The number of hydrogen-bond donors (Lipinski definition) is 0. The summed E-state index contributed by atoms with van der Waals surface area (Å²) in [5.41, 5.74) is 0. The minimum Gasteiger partial charge on any atom is -0.121 e. The molecule has 21 heavy (non-hydrogen) atoms. The van der Waals surface area contributed by atoms with Crippen molar-refractivity contribution < 1.29 is 0 Å². The zero-order valence-electron chi connectivity index (χ0n) is 14.7. The molecule has 0 aromatic rings. The minimum absolute atomic E-state index is 1.08. The van der Waals surface area contributed by atoms with Gasteiger partial charge in [-0.2, -0.15) is 0 Å². The average Bonchev–Trinajstić information content (AvgIpc) is 2.50. The second-order valence-corrected chi connectivity index (χ2v) is 6.91. The summed E-state index contributed by atoms with van der Waals surface area (Å²) in [6, 6.07) is 0. The Morgan fingerprint density at radius 1 is 0.476 bits per heavy atom. The van der Waals surface area contributed by atoms with Crippen molar-refractivity contribution in [1.29, 1.82) is 0 Å². The van der Waals surface area contributed by atoms with Crippen LogP contribution in [0.15, 0.2) is 0 Å². The van der Waals surface area contributed by atoms with Gasteiger partial charge in [-0.3, -0.25) is 0 Å². The number of halogens is 1. The first-order valence-electron chi connectivity index (χ1n) is 9.83. The molecule has 0 aliphatic rings. The Hall–Kier alpha value is 0.290. The molecule has 0 spiro atoms. The molecule has 0 aromatic heterocycles. The Balaban J connectivity index is 2.90. The van der Waals surface area contributed by atoms with Gasteiger partial charge in [-0.25, -0.2) is 0 Å². The molecule has 0 bridgehead atoms. The van der Waals surface area contributed by atoms with E-state index in [-0.39, 0.29) is 0 Å². The van der Waals surface area contributed by atoms with Gasteiger partial charge >= 0.3 is 0 Å². The topological polar surface area (TPSA) is 0 Å². The molecule has 1 radical (unpaired) electrons. The Morgan fingerprint density at radius 3 is 1.05 bits per heavy atom. The predicted octanol–water partition coefficient (Wildman–Crippen LogP) is 8.43. The third-order valence-corrected chi connectivity index (χ3v) is 4.64. The molecule has 0 atom stereocenters. The molecular weight excluding hydrogens is 276 g/mol. The molecule has 0 saturated carbocycles. The zero-order valence-corrected chi connectivity index (χ0v) is 15.4. The highest BCUT2D eigenvalue weighted by atomic mass is 35.5. The molecule has 0 aromatic carbocycles. The molecule has 0 fully saturated rings. The quantitative estimate of drug-likeness (QED) is 0.223. The fraction of sp³-hybridized carbons (Fsp3) is 0.950. The van der Waals surface area contributed by atoms with Crippen molar-refractivity contribution in [2.45, 2.75) is 122 Å². The van der Waals surface area contributed by atoms with E-state index in [1.54, 1.807) is 5.88 Å². The van der Waals surface area contributed by atoms with Crippen LogP contribution in [-0.4, -0.2) is 0 Å². The molecule has 0 rings (SSSR count).